The van der Waals surface area contributed by atoms with Crippen LogP contribution in [0.3, 0.4) is 0 Å². The first kappa shape index (κ1) is 23.7. The molecule has 0 saturated heterocycles. The molecule has 0 bridgehead atoms. The summed E-state index contributed by atoms with van der Waals surface area (Å²) in [5, 5.41) is 17.3. The van der Waals surface area contributed by atoms with Crippen molar-refractivity contribution in [2.24, 2.45) is 12.0 Å². The van der Waals surface area contributed by atoms with Crippen LogP contribution in [0, 0.1) is 6.92 Å². The summed E-state index contributed by atoms with van der Waals surface area (Å²) in [6, 6.07) is 14.7. The van der Waals surface area contributed by atoms with Crippen LogP contribution in [0.15, 0.2) is 57.7 Å². The minimum absolute atomic E-state index is 0. The quantitative estimate of drug-likeness (QED) is 0.141. The van der Waals surface area contributed by atoms with Crippen LogP contribution in [0.5, 0.6) is 0 Å². The topological polar surface area (TPSA) is 67.1 Å². The second-order valence-corrected chi connectivity index (χ2v) is 8.43. The molecule has 3 aromatic rings. The molecule has 0 spiro atoms. The van der Waals surface area contributed by atoms with E-state index < -0.39 is 0 Å². The van der Waals surface area contributed by atoms with Crippen molar-refractivity contribution in [1.82, 2.24) is 25.4 Å². The maximum atomic E-state index is 4.70. The predicted octanol–water partition coefficient (Wildman–Crippen LogP) is 3.87. The number of nitrogens with zero attached hydrogens (tertiary/aromatic N) is 4. The van der Waals surface area contributed by atoms with E-state index in [0.29, 0.717) is 6.54 Å². The molecule has 0 fully saturated rings. The summed E-state index contributed by atoms with van der Waals surface area (Å²) in [6.07, 6.45) is 0.986. The lowest BCUT2D eigenvalue weighted by molar-refractivity contribution is 0.755. The molecule has 0 saturated carbocycles. The Hall–Kier alpha value is -1.59. The number of hydrogen-bond donors (Lipinski definition) is 2. The average Bonchev–Trinajstić information content (AvgIpc) is 3.34. The molecule has 0 amide bonds. The Morgan fingerprint density at radius 3 is 2.59 bits per heavy atom. The molecule has 0 atom stereocenters. The molecule has 2 aromatic heterocycles. The van der Waals surface area contributed by atoms with E-state index in [-0.39, 0.29) is 24.0 Å². The van der Waals surface area contributed by atoms with Gasteiger partial charge in [0.05, 0.1) is 0 Å². The number of aromatic nitrogens is 3. The van der Waals surface area contributed by atoms with Gasteiger partial charge in [-0.15, -0.1) is 57.3 Å². The fraction of sp³-hybridized carbons (Fsp3) is 0.350. The molecule has 1 aromatic carbocycles. The van der Waals surface area contributed by atoms with E-state index in [2.05, 4.69) is 62.6 Å². The number of aliphatic imine (C=N–C) groups is 1. The molecular formula is C20H27IN6S2. The van der Waals surface area contributed by atoms with Gasteiger partial charge in [-0.2, -0.15) is 0 Å². The molecule has 3 rings (SSSR count). The lowest BCUT2D eigenvalue weighted by atomic mass is 10.3. The Balaban J connectivity index is 0.00000300. The maximum Gasteiger partial charge on any atom is 0.191 e. The Labute approximate surface area is 197 Å². The average molecular weight is 543 g/mol. The molecule has 156 valence electrons. The van der Waals surface area contributed by atoms with Gasteiger partial charge >= 0.3 is 0 Å². The van der Waals surface area contributed by atoms with Crippen molar-refractivity contribution < 1.29 is 0 Å². The van der Waals surface area contributed by atoms with Crippen LogP contribution in [-0.4, -0.2) is 39.6 Å². The van der Waals surface area contributed by atoms with Crippen LogP contribution in [-0.2, 0) is 20.0 Å². The monoisotopic (exact) mass is 542 g/mol. The number of benzene rings is 1. The Morgan fingerprint density at radius 1 is 1.10 bits per heavy atom. The molecule has 0 aliphatic rings. The van der Waals surface area contributed by atoms with Crippen LogP contribution in [0.1, 0.15) is 16.5 Å². The van der Waals surface area contributed by atoms with E-state index in [1.54, 1.807) is 11.3 Å². The fourth-order valence-corrected chi connectivity index (χ4v) is 4.03. The summed E-state index contributed by atoms with van der Waals surface area (Å²) in [7, 11) is 1.97. The summed E-state index contributed by atoms with van der Waals surface area (Å²) >= 11 is 3.62. The number of rotatable bonds is 9. The number of thiophene rings is 1. The number of nitrogens with one attached hydrogen (secondary N) is 2. The van der Waals surface area contributed by atoms with Crippen molar-refractivity contribution >= 4 is 53.0 Å². The van der Waals surface area contributed by atoms with E-state index in [0.717, 1.165) is 42.9 Å². The molecule has 2 N–H and O–H groups in total. The van der Waals surface area contributed by atoms with Gasteiger partial charge in [-0.3, -0.25) is 0 Å². The van der Waals surface area contributed by atoms with Crippen molar-refractivity contribution in [1.29, 1.82) is 0 Å². The summed E-state index contributed by atoms with van der Waals surface area (Å²) in [6.45, 7) is 4.12. The van der Waals surface area contributed by atoms with Crippen LogP contribution in [0.4, 0.5) is 0 Å². The molecule has 6 nitrogen and oxygen atoms in total. The van der Waals surface area contributed by atoms with Crippen molar-refractivity contribution in [3.63, 3.8) is 0 Å². The van der Waals surface area contributed by atoms with Gasteiger partial charge in [0.25, 0.3) is 0 Å². The highest BCUT2D eigenvalue weighted by Crippen LogP contribution is 2.15. The van der Waals surface area contributed by atoms with Crippen molar-refractivity contribution in [3.8, 4) is 0 Å². The minimum atomic E-state index is 0. The Bertz CT molecular complexity index is 864. The third-order valence-corrected chi connectivity index (χ3v) is 6.16. The lowest BCUT2D eigenvalue weighted by Gasteiger charge is -2.12. The standard InChI is InChI=1S/C20H26N6S2.HI/c1-16-24-25-19(26(16)2)15-23-20(21-11-10-18-9-6-13-27-18)22-12-14-28-17-7-4-3-5-8-17;/h3-9,13H,10-12,14-15H2,1-2H3,(H2,21,22,23);1H. The zero-order chi connectivity index (χ0) is 19.6. The van der Waals surface area contributed by atoms with Crippen LogP contribution >= 0.6 is 47.1 Å². The SMILES string of the molecule is Cc1nnc(CN=C(NCCSc2ccccc2)NCCc2cccs2)n1C.I. The Morgan fingerprint density at radius 2 is 1.90 bits per heavy atom. The first-order valence-electron chi connectivity index (χ1n) is 9.29. The van der Waals surface area contributed by atoms with Crippen LogP contribution in [0.2, 0.25) is 0 Å². The fourth-order valence-electron chi connectivity index (χ4n) is 2.53. The van der Waals surface area contributed by atoms with Gasteiger partial charge in [-0.1, -0.05) is 24.3 Å². The molecule has 0 aliphatic carbocycles. The largest absolute Gasteiger partial charge is 0.356 e. The predicted molar refractivity (Wildman–Crippen MR) is 133 cm³/mol. The van der Waals surface area contributed by atoms with E-state index >= 15 is 0 Å². The molecule has 29 heavy (non-hydrogen) atoms. The number of guanidine groups is 1. The van der Waals surface area contributed by atoms with Crippen LogP contribution < -0.4 is 10.6 Å². The normalized spacial score (nSPS) is 11.2. The van der Waals surface area contributed by atoms with Crippen molar-refractivity contribution in [2.45, 2.75) is 24.8 Å². The molecule has 9 heteroatoms. The smallest absolute Gasteiger partial charge is 0.191 e. The molecular weight excluding hydrogens is 515 g/mol. The van der Waals surface area contributed by atoms with Gasteiger partial charge < -0.3 is 15.2 Å². The first-order chi connectivity index (χ1) is 13.7. The van der Waals surface area contributed by atoms with Gasteiger partial charge in [0.2, 0.25) is 0 Å². The summed E-state index contributed by atoms with van der Waals surface area (Å²) in [5.41, 5.74) is 0. The van der Waals surface area contributed by atoms with E-state index in [9.17, 15) is 0 Å². The first-order valence-corrected chi connectivity index (χ1v) is 11.2. The summed E-state index contributed by atoms with van der Waals surface area (Å²) in [5.74, 6) is 3.53. The summed E-state index contributed by atoms with van der Waals surface area (Å²) in [4.78, 5) is 7.35. The number of halogens is 1. The van der Waals surface area contributed by atoms with Gasteiger partial charge in [0, 0.05) is 35.7 Å². The van der Waals surface area contributed by atoms with Crippen molar-refractivity contribution in [2.75, 3.05) is 18.8 Å². The maximum absolute atomic E-state index is 4.70. The molecule has 2 heterocycles. The zero-order valence-electron chi connectivity index (χ0n) is 16.7. The molecule has 0 unspecified atom stereocenters. The molecule has 0 radical (unpaired) electrons. The van der Waals surface area contributed by atoms with Gasteiger partial charge in [-0.05, 0) is 36.9 Å². The van der Waals surface area contributed by atoms with E-state index in [4.69, 9.17) is 4.99 Å². The van der Waals surface area contributed by atoms with Gasteiger partial charge in [0.15, 0.2) is 11.8 Å². The van der Waals surface area contributed by atoms with E-state index in [1.165, 1.54) is 9.77 Å². The second-order valence-electron chi connectivity index (χ2n) is 6.23. The highest BCUT2D eigenvalue weighted by Gasteiger charge is 2.05. The highest BCUT2D eigenvalue weighted by atomic mass is 127. The van der Waals surface area contributed by atoms with Gasteiger partial charge in [0.1, 0.15) is 12.4 Å². The lowest BCUT2D eigenvalue weighted by Crippen LogP contribution is -2.39. The van der Waals surface area contributed by atoms with Crippen LogP contribution in [0.25, 0.3) is 0 Å². The molecule has 0 aliphatic heterocycles. The zero-order valence-corrected chi connectivity index (χ0v) is 20.6. The van der Waals surface area contributed by atoms with Crippen molar-refractivity contribution in [3.05, 3.63) is 64.4 Å². The Kier molecular flexibility index (Phi) is 10.5. The van der Waals surface area contributed by atoms with Gasteiger partial charge in [-0.25, -0.2) is 4.99 Å². The summed E-state index contributed by atoms with van der Waals surface area (Å²) < 4.78 is 1.97. The second kappa shape index (κ2) is 12.9. The van der Waals surface area contributed by atoms with E-state index in [1.807, 2.05) is 36.4 Å². The highest BCUT2D eigenvalue weighted by molar-refractivity contribution is 14.0. The number of thioether (sulfide) groups is 1. The third-order valence-electron chi connectivity index (χ3n) is 4.21. The minimum Gasteiger partial charge on any atom is -0.356 e. The number of hydrogen-bond acceptors (Lipinski definition) is 5. The number of aryl methyl sites for hydroxylation is 1. The third kappa shape index (κ3) is 7.98.